The monoisotopic (exact) mass is 353 g/mol. The van der Waals surface area contributed by atoms with Crippen LogP contribution in [0.15, 0.2) is 18.2 Å². The van der Waals surface area contributed by atoms with Gasteiger partial charge in [-0.15, -0.1) is 0 Å². The zero-order valence-electron chi connectivity index (χ0n) is 14.3. The van der Waals surface area contributed by atoms with Crippen molar-refractivity contribution in [3.8, 4) is 5.75 Å². The van der Waals surface area contributed by atoms with Crippen LogP contribution in [0.25, 0.3) is 0 Å². The maximum atomic E-state index is 11.7. The Hall–Kier alpha value is -1.15. The van der Waals surface area contributed by atoms with Gasteiger partial charge < -0.3 is 15.0 Å². The summed E-state index contributed by atoms with van der Waals surface area (Å²) in [7, 11) is -3.11. The van der Waals surface area contributed by atoms with Crippen LogP contribution in [0.1, 0.15) is 17.5 Å². The summed E-state index contributed by atoms with van der Waals surface area (Å²) >= 11 is 0. The number of sulfonamides is 1. The van der Waals surface area contributed by atoms with Crippen molar-refractivity contribution in [1.29, 1.82) is 0 Å². The lowest BCUT2D eigenvalue weighted by Gasteiger charge is -2.27. The van der Waals surface area contributed by atoms with Gasteiger partial charge in [0, 0.05) is 45.8 Å². The van der Waals surface area contributed by atoms with E-state index in [1.54, 1.807) is 0 Å². The number of nitrogens with zero attached hydrogens (tertiary/aromatic N) is 2. The van der Waals surface area contributed by atoms with Gasteiger partial charge in [-0.05, 0) is 36.1 Å². The van der Waals surface area contributed by atoms with E-state index in [0.717, 1.165) is 63.5 Å². The van der Waals surface area contributed by atoms with E-state index in [1.807, 2.05) is 12.1 Å². The second-order valence-corrected chi connectivity index (χ2v) is 8.55. The molecule has 0 amide bonds. The Bertz CT molecular complexity index is 657. The number of piperazine rings is 1. The van der Waals surface area contributed by atoms with Gasteiger partial charge in [-0.1, -0.05) is 6.07 Å². The number of benzene rings is 1. The molecule has 1 fully saturated rings. The normalized spacial score (nSPS) is 19.9. The molecule has 0 unspecified atom stereocenters. The third kappa shape index (κ3) is 4.69. The second kappa shape index (κ2) is 7.82. The van der Waals surface area contributed by atoms with Crippen molar-refractivity contribution in [2.24, 2.45) is 0 Å². The van der Waals surface area contributed by atoms with E-state index >= 15 is 0 Å². The maximum Gasteiger partial charge on any atom is 0.211 e. The van der Waals surface area contributed by atoms with E-state index in [4.69, 9.17) is 4.74 Å². The van der Waals surface area contributed by atoms with Gasteiger partial charge in [0.25, 0.3) is 0 Å². The van der Waals surface area contributed by atoms with Crippen LogP contribution in [-0.2, 0) is 23.0 Å². The second-order valence-electron chi connectivity index (χ2n) is 6.57. The van der Waals surface area contributed by atoms with E-state index < -0.39 is 10.0 Å². The molecule has 2 heterocycles. The van der Waals surface area contributed by atoms with Crippen molar-refractivity contribution in [3.05, 3.63) is 29.3 Å². The molecule has 2 aliphatic rings. The van der Waals surface area contributed by atoms with Gasteiger partial charge in [-0.25, -0.2) is 8.42 Å². The Morgan fingerprint density at radius 3 is 2.71 bits per heavy atom. The van der Waals surface area contributed by atoms with Gasteiger partial charge >= 0.3 is 0 Å². The Morgan fingerprint density at radius 2 is 1.96 bits per heavy atom. The number of fused-ring (bicyclic) bond motifs is 1. The minimum Gasteiger partial charge on any atom is -0.494 e. The first-order chi connectivity index (χ1) is 11.5. The number of nitrogens with one attached hydrogen (secondary N) is 1. The topological polar surface area (TPSA) is 61.9 Å². The predicted molar refractivity (Wildman–Crippen MR) is 94.8 cm³/mol. The standard InChI is InChI=1S/C17H27N3O3S/c1-24(21,22)20-9-5-15-13-17(4-3-16(15)14-20)23-12-2-8-19-10-6-18-7-11-19/h3-4,13,18H,2,5-12,14H2,1H3. The molecule has 0 aliphatic carbocycles. The molecule has 0 saturated carbocycles. The summed E-state index contributed by atoms with van der Waals surface area (Å²) in [5.41, 5.74) is 2.29. The summed E-state index contributed by atoms with van der Waals surface area (Å²) in [5, 5.41) is 3.36. The molecule has 1 N–H and O–H groups in total. The molecule has 0 bridgehead atoms. The lowest BCUT2D eigenvalue weighted by atomic mass is 10.0. The summed E-state index contributed by atoms with van der Waals surface area (Å²) in [5.74, 6) is 0.891. The molecule has 3 rings (SSSR count). The highest BCUT2D eigenvalue weighted by molar-refractivity contribution is 7.88. The minimum atomic E-state index is -3.11. The Labute approximate surface area is 144 Å². The first-order valence-electron chi connectivity index (χ1n) is 8.65. The zero-order valence-corrected chi connectivity index (χ0v) is 15.1. The number of rotatable bonds is 6. The van der Waals surface area contributed by atoms with Crippen LogP contribution < -0.4 is 10.1 Å². The largest absolute Gasteiger partial charge is 0.494 e. The predicted octanol–water partition coefficient (Wildman–Crippen LogP) is 0.678. The maximum absolute atomic E-state index is 11.7. The Balaban J connectivity index is 1.48. The third-order valence-corrected chi connectivity index (χ3v) is 5.97. The number of ether oxygens (including phenoxy) is 1. The quantitative estimate of drug-likeness (QED) is 0.762. The molecular formula is C17H27N3O3S. The molecule has 0 aromatic heterocycles. The van der Waals surface area contributed by atoms with Crippen LogP contribution in [0.4, 0.5) is 0 Å². The summed E-state index contributed by atoms with van der Waals surface area (Å²) in [4.78, 5) is 2.46. The fraction of sp³-hybridized carbons (Fsp3) is 0.647. The summed E-state index contributed by atoms with van der Waals surface area (Å²) in [6.07, 6.45) is 3.05. The van der Waals surface area contributed by atoms with Crippen molar-refractivity contribution in [3.63, 3.8) is 0 Å². The van der Waals surface area contributed by atoms with Crippen molar-refractivity contribution in [2.75, 3.05) is 52.1 Å². The average Bonchev–Trinajstić information content (AvgIpc) is 2.58. The van der Waals surface area contributed by atoms with Crippen LogP contribution in [0.3, 0.4) is 0 Å². The van der Waals surface area contributed by atoms with Crippen molar-refractivity contribution < 1.29 is 13.2 Å². The minimum absolute atomic E-state index is 0.470. The fourth-order valence-electron chi connectivity index (χ4n) is 3.29. The smallest absolute Gasteiger partial charge is 0.211 e. The molecule has 2 aliphatic heterocycles. The molecule has 0 spiro atoms. The first-order valence-corrected chi connectivity index (χ1v) is 10.5. The highest BCUT2D eigenvalue weighted by Gasteiger charge is 2.23. The van der Waals surface area contributed by atoms with Gasteiger partial charge in [0.1, 0.15) is 5.75 Å². The highest BCUT2D eigenvalue weighted by atomic mass is 32.2. The third-order valence-electron chi connectivity index (χ3n) is 4.72. The highest BCUT2D eigenvalue weighted by Crippen LogP contribution is 2.25. The van der Waals surface area contributed by atoms with Gasteiger partial charge in [0.05, 0.1) is 12.9 Å². The molecule has 0 radical (unpaired) electrons. The van der Waals surface area contributed by atoms with Crippen LogP contribution in [0.5, 0.6) is 5.75 Å². The van der Waals surface area contributed by atoms with Crippen molar-refractivity contribution >= 4 is 10.0 Å². The molecule has 6 nitrogen and oxygen atoms in total. The van der Waals surface area contributed by atoms with Gasteiger partial charge in [0.2, 0.25) is 10.0 Å². The van der Waals surface area contributed by atoms with Crippen molar-refractivity contribution in [1.82, 2.24) is 14.5 Å². The molecular weight excluding hydrogens is 326 g/mol. The average molecular weight is 353 g/mol. The molecule has 24 heavy (non-hydrogen) atoms. The Morgan fingerprint density at radius 1 is 1.17 bits per heavy atom. The summed E-state index contributed by atoms with van der Waals surface area (Å²) < 4.78 is 30.7. The van der Waals surface area contributed by atoms with Gasteiger partial charge in [-0.2, -0.15) is 4.31 Å². The lowest BCUT2D eigenvalue weighted by Crippen LogP contribution is -2.43. The molecule has 134 valence electrons. The molecule has 1 aromatic rings. The first kappa shape index (κ1) is 17.7. The molecule has 0 atom stereocenters. The lowest BCUT2D eigenvalue weighted by molar-refractivity contribution is 0.214. The molecule has 7 heteroatoms. The van der Waals surface area contributed by atoms with E-state index in [1.165, 1.54) is 16.1 Å². The fourth-order valence-corrected chi connectivity index (χ4v) is 4.09. The van der Waals surface area contributed by atoms with Crippen LogP contribution in [-0.4, -0.2) is 69.8 Å². The Kier molecular flexibility index (Phi) is 5.76. The molecule has 1 saturated heterocycles. The molecule has 1 aromatic carbocycles. The van der Waals surface area contributed by atoms with Crippen LogP contribution in [0.2, 0.25) is 0 Å². The number of hydrogen-bond donors (Lipinski definition) is 1. The van der Waals surface area contributed by atoms with E-state index in [-0.39, 0.29) is 0 Å². The van der Waals surface area contributed by atoms with E-state index in [0.29, 0.717) is 13.1 Å². The van der Waals surface area contributed by atoms with E-state index in [9.17, 15) is 8.42 Å². The summed E-state index contributed by atoms with van der Waals surface area (Å²) in [6.45, 7) is 7.22. The SMILES string of the molecule is CS(=O)(=O)N1CCc2cc(OCCCN3CCNCC3)ccc2C1. The summed E-state index contributed by atoms with van der Waals surface area (Å²) in [6, 6.07) is 6.02. The van der Waals surface area contributed by atoms with Crippen molar-refractivity contribution in [2.45, 2.75) is 19.4 Å². The van der Waals surface area contributed by atoms with Gasteiger partial charge in [0.15, 0.2) is 0 Å². The van der Waals surface area contributed by atoms with Crippen LogP contribution >= 0.6 is 0 Å². The van der Waals surface area contributed by atoms with E-state index in [2.05, 4.69) is 16.3 Å². The zero-order chi connectivity index (χ0) is 17.0. The van der Waals surface area contributed by atoms with Crippen LogP contribution in [0, 0.1) is 0 Å². The van der Waals surface area contributed by atoms with Gasteiger partial charge in [-0.3, -0.25) is 0 Å². The number of hydrogen-bond acceptors (Lipinski definition) is 5.